The molecule has 0 aromatic heterocycles. The van der Waals surface area contributed by atoms with Crippen molar-refractivity contribution in [2.45, 2.75) is 12.6 Å². The average Bonchev–Trinajstić information content (AvgIpc) is 1.60. The topological polar surface area (TPSA) is 54.4 Å². The van der Waals surface area contributed by atoms with Crippen molar-refractivity contribution < 1.29 is 63.5 Å². The minimum Gasteiger partial charge on any atom is -0.481 e. The van der Waals surface area contributed by atoms with Gasteiger partial charge in [0.25, 0.3) is 0 Å². The molecule has 0 spiro atoms. The molecular formula is C4H3F3LaO3. The van der Waals surface area contributed by atoms with Gasteiger partial charge in [-0.1, -0.05) is 0 Å². The molecule has 0 amide bonds. The summed E-state index contributed by atoms with van der Waals surface area (Å²) >= 11 is 0. The molecule has 0 aliphatic heterocycles. The van der Waals surface area contributed by atoms with Crippen LogP contribution in [0.25, 0.3) is 0 Å². The number of hydrogen-bond donors (Lipinski definition) is 1. The summed E-state index contributed by atoms with van der Waals surface area (Å²) in [6.07, 6.45) is -6.53. The summed E-state index contributed by atoms with van der Waals surface area (Å²) in [7, 11) is 0. The van der Waals surface area contributed by atoms with E-state index in [-0.39, 0.29) is 35.6 Å². The van der Waals surface area contributed by atoms with Gasteiger partial charge in [-0.05, 0) is 0 Å². The molecule has 61 valence electrons. The first kappa shape index (κ1) is 13.7. The van der Waals surface area contributed by atoms with Gasteiger partial charge >= 0.3 is 12.1 Å². The summed E-state index contributed by atoms with van der Waals surface area (Å²) < 4.78 is 33.6. The van der Waals surface area contributed by atoms with Crippen molar-refractivity contribution in [2.75, 3.05) is 0 Å². The third kappa shape index (κ3) is 6.52. The first-order valence-corrected chi connectivity index (χ1v) is 2.16. The van der Waals surface area contributed by atoms with E-state index < -0.39 is 24.3 Å². The maximum Gasteiger partial charge on any atom is 0.450 e. The Morgan fingerprint density at radius 3 is 1.73 bits per heavy atom. The van der Waals surface area contributed by atoms with E-state index in [0.29, 0.717) is 0 Å². The number of alkyl halides is 3. The summed E-state index contributed by atoms with van der Waals surface area (Å²) in [6, 6.07) is 0. The van der Waals surface area contributed by atoms with Crippen molar-refractivity contribution in [3.8, 4) is 0 Å². The van der Waals surface area contributed by atoms with Crippen molar-refractivity contribution in [3.05, 3.63) is 0 Å². The van der Waals surface area contributed by atoms with Crippen LogP contribution in [0.5, 0.6) is 0 Å². The van der Waals surface area contributed by atoms with Gasteiger partial charge in [0.15, 0.2) is 0 Å². The molecule has 0 aromatic carbocycles. The van der Waals surface area contributed by atoms with Crippen molar-refractivity contribution >= 4 is 11.8 Å². The Kier molecular flexibility index (Phi) is 6.09. The number of rotatable bonds is 2. The van der Waals surface area contributed by atoms with Gasteiger partial charge in [-0.2, -0.15) is 13.2 Å². The fraction of sp³-hybridized carbons (Fsp3) is 0.500. The SMILES string of the molecule is O=C(O)CC(=O)C(F)(F)F.[La]. The number of carbonyl (C=O) groups excluding carboxylic acids is 1. The number of halogens is 3. The molecule has 0 heterocycles. The van der Waals surface area contributed by atoms with Gasteiger partial charge in [0.05, 0.1) is 0 Å². The van der Waals surface area contributed by atoms with Gasteiger partial charge in [0.2, 0.25) is 5.78 Å². The Labute approximate surface area is 87.6 Å². The van der Waals surface area contributed by atoms with Gasteiger partial charge in [0, 0.05) is 35.6 Å². The maximum atomic E-state index is 11.2. The van der Waals surface area contributed by atoms with Crippen molar-refractivity contribution in [1.29, 1.82) is 0 Å². The molecule has 7 heteroatoms. The van der Waals surface area contributed by atoms with Crippen LogP contribution in [0, 0.1) is 35.6 Å². The van der Waals surface area contributed by atoms with Crippen LogP contribution in [-0.2, 0) is 9.59 Å². The van der Waals surface area contributed by atoms with E-state index in [2.05, 4.69) is 0 Å². The zero-order valence-corrected chi connectivity index (χ0v) is 8.81. The van der Waals surface area contributed by atoms with E-state index in [1.165, 1.54) is 0 Å². The molecule has 0 saturated heterocycles. The van der Waals surface area contributed by atoms with E-state index in [4.69, 9.17) is 5.11 Å². The first-order valence-electron chi connectivity index (χ1n) is 2.16. The van der Waals surface area contributed by atoms with Crippen LogP contribution in [0.3, 0.4) is 0 Å². The molecule has 0 bridgehead atoms. The smallest absolute Gasteiger partial charge is 0.450 e. The van der Waals surface area contributed by atoms with Gasteiger partial charge in [-0.3, -0.25) is 9.59 Å². The summed E-state index contributed by atoms with van der Waals surface area (Å²) in [6.45, 7) is 0. The van der Waals surface area contributed by atoms with Gasteiger partial charge in [-0.15, -0.1) is 0 Å². The quantitative estimate of drug-likeness (QED) is 0.759. The normalized spacial score (nSPS) is 10.1. The fourth-order valence-electron chi connectivity index (χ4n) is 0.238. The van der Waals surface area contributed by atoms with E-state index in [1.54, 1.807) is 0 Å². The molecule has 0 atom stereocenters. The number of aliphatic carboxylic acids is 1. The second-order valence-corrected chi connectivity index (χ2v) is 1.49. The summed E-state index contributed by atoms with van der Waals surface area (Å²) in [5.41, 5.74) is 0. The predicted molar refractivity (Wildman–Crippen MR) is 23.3 cm³/mol. The van der Waals surface area contributed by atoms with Crippen molar-refractivity contribution in [3.63, 3.8) is 0 Å². The monoisotopic (exact) mass is 295 g/mol. The number of Topliss-reactive ketones (excluding diaryl/α,β-unsaturated/α-hetero) is 1. The minimum absolute atomic E-state index is 0. The van der Waals surface area contributed by atoms with Crippen molar-refractivity contribution in [2.24, 2.45) is 0 Å². The summed E-state index contributed by atoms with van der Waals surface area (Å²) in [5.74, 6) is -4.01. The molecule has 1 N–H and O–H groups in total. The van der Waals surface area contributed by atoms with Gasteiger partial charge in [-0.25, -0.2) is 0 Å². The molecule has 3 nitrogen and oxygen atoms in total. The standard InChI is InChI=1S/C4H3F3O3.La/c5-4(6,7)2(8)1-3(9)10;/h1H2,(H,9,10);. The van der Waals surface area contributed by atoms with Crippen LogP contribution in [-0.4, -0.2) is 23.0 Å². The van der Waals surface area contributed by atoms with E-state index in [0.717, 1.165) is 0 Å². The van der Waals surface area contributed by atoms with Crippen LogP contribution < -0.4 is 0 Å². The molecular weight excluding hydrogens is 292 g/mol. The van der Waals surface area contributed by atoms with Gasteiger partial charge < -0.3 is 5.11 Å². The first-order chi connectivity index (χ1) is 4.34. The number of carboxylic acid groups (broad SMARTS) is 1. The Bertz CT molecular complexity index is 164. The summed E-state index contributed by atoms with van der Waals surface area (Å²) in [5, 5.41) is 7.73. The third-order valence-electron chi connectivity index (χ3n) is 0.628. The van der Waals surface area contributed by atoms with E-state index in [9.17, 15) is 22.8 Å². The molecule has 0 aromatic rings. The number of hydrogen-bond acceptors (Lipinski definition) is 2. The fourth-order valence-corrected chi connectivity index (χ4v) is 0.238. The second kappa shape index (κ2) is 4.89. The molecule has 0 aliphatic carbocycles. The number of carbonyl (C=O) groups is 2. The van der Waals surface area contributed by atoms with Crippen LogP contribution >= 0.6 is 0 Å². The third-order valence-corrected chi connectivity index (χ3v) is 0.628. The molecule has 11 heavy (non-hydrogen) atoms. The molecule has 0 unspecified atom stereocenters. The Balaban J connectivity index is 0. The number of ketones is 1. The van der Waals surface area contributed by atoms with Gasteiger partial charge in [0.1, 0.15) is 6.42 Å². The van der Waals surface area contributed by atoms with Crippen LogP contribution in [0.1, 0.15) is 6.42 Å². The maximum absolute atomic E-state index is 11.2. The number of carboxylic acids is 1. The molecule has 0 rings (SSSR count). The second-order valence-electron chi connectivity index (χ2n) is 1.49. The zero-order valence-electron chi connectivity index (χ0n) is 5.18. The summed E-state index contributed by atoms with van der Waals surface area (Å²) in [4.78, 5) is 19.3. The Hall–Kier alpha value is 0.125. The molecule has 0 saturated carbocycles. The molecule has 1 radical (unpaired) electrons. The Morgan fingerprint density at radius 2 is 1.64 bits per heavy atom. The Morgan fingerprint density at radius 1 is 1.27 bits per heavy atom. The van der Waals surface area contributed by atoms with E-state index in [1.807, 2.05) is 0 Å². The van der Waals surface area contributed by atoms with Crippen molar-refractivity contribution in [1.82, 2.24) is 0 Å². The minimum atomic E-state index is -5.03. The molecule has 0 fully saturated rings. The molecule has 0 aliphatic rings. The average molecular weight is 295 g/mol. The van der Waals surface area contributed by atoms with Crippen LogP contribution in [0.15, 0.2) is 0 Å². The largest absolute Gasteiger partial charge is 0.481 e. The van der Waals surface area contributed by atoms with Crippen LogP contribution in [0.2, 0.25) is 0 Å². The zero-order chi connectivity index (χ0) is 8.36. The predicted octanol–water partition coefficient (Wildman–Crippen LogP) is 0.593. The van der Waals surface area contributed by atoms with Crippen LogP contribution in [0.4, 0.5) is 13.2 Å². The van der Waals surface area contributed by atoms with E-state index >= 15 is 0 Å².